The molecule has 4 rings (SSSR count). The van der Waals surface area contributed by atoms with Crippen molar-refractivity contribution in [2.24, 2.45) is 0 Å². The highest BCUT2D eigenvalue weighted by Gasteiger charge is 2.29. The van der Waals surface area contributed by atoms with Gasteiger partial charge in [0.1, 0.15) is 31.0 Å². The number of phenolic OH excluding ortho intramolecular Hbond substituents is 1. The number of phenols is 1. The Morgan fingerprint density at radius 3 is 1.59 bits per heavy atom. The zero-order chi connectivity index (χ0) is 28.9. The Morgan fingerprint density at radius 1 is 0.561 bits per heavy atom. The van der Waals surface area contributed by atoms with Gasteiger partial charge in [-0.1, -0.05) is 103 Å². The third-order valence-corrected chi connectivity index (χ3v) is 6.31. The molecule has 0 aromatic heterocycles. The molecule has 2 amide bonds. The van der Waals surface area contributed by atoms with Crippen LogP contribution in [0.3, 0.4) is 0 Å². The topological polar surface area (TPSA) is 114 Å². The second-order valence-electron chi connectivity index (χ2n) is 9.47. The second kappa shape index (κ2) is 14.9. The molecule has 3 N–H and O–H groups in total. The van der Waals surface area contributed by atoms with Crippen LogP contribution in [0.15, 0.2) is 115 Å². The number of carbonyl (C=O) groups is 3. The lowest BCUT2D eigenvalue weighted by atomic mass is 10.0. The Labute approximate surface area is 238 Å². The number of ether oxygens (including phenoxy) is 2. The van der Waals surface area contributed by atoms with Crippen LogP contribution in [0.4, 0.5) is 4.79 Å². The Hall–Kier alpha value is -5.11. The second-order valence-corrected chi connectivity index (χ2v) is 9.47. The molecule has 0 heterocycles. The van der Waals surface area contributed by atoms with Crippen molar-refractivity contribution in [3.8, 4) is 5.75 Å². The van der Waals surface area contributed by atoms with Gasteiger partial charge >= 0.3 is 12.1 Å². The molecule has 8 nitrogen and oxygen atoms in total. The third-order valence-electron chi connectivity index (χ3n) is 6.31. The normalized spacial score (nSPS) is 12.0. The number of amides is 2. The number of rotatable bonds is 12. The van der Waals surface area contributed by atoms with E-state index in [-0.39, 0.29) is 31.8 Å². The summed E-state index contributed by atoms with van der Waals surface area (Å²) in [6.45, 7) is 0.0841. The molecule has 4 aromatic carbocycles. The first-order chi connectivity index (χ1) is 20.0. The van der Waals surface area contributed by atoms with Gasteiger partial charge in [0.05, 0.1) is 0 Å². The molecular formula is C33H32N2O6. The van der Waals surface area contributed by atoms with Crippen molar-refractivity contribution in [1.82, 2.24) is 10.6 Å². The van der Waals surface area contributed by atoms with Gasteiger partial charge in [0.2, 0.25) is 5.91 Å². The highest BCUT2D eigenvalue weighted by molar-refractivity contribution is 5.90. The van der Waals surface area contributed by atoms with E-state index in [4.69, 9.17) is 9.47 Å². The van der Waals surface area contributed by atoms with Crippen molar-refractivity contribution >= 4 is 18.0 Å². The van der Waals surface area contributed by atoms with Crippen molar-refractivity contribution in [2.45, 2.75) is 38.1 Å². The molecule has 0 unspecified atom stereocenters. The quantitative estimate of drug-likeness (QED) is 0.220. The lowest BCUT2D eigenvalue weighted by Crippen LogP contribution is -2.53. The standard InChI is InChI=1S/C33H32N2O6/c36-28-18-16-25(17-19-28)21-30(32(38)40-22-26-12-6-2-7-13-26)34-31(37)29(20-24-10-4-1-5-11-24)35-33(39)41-23-27-14-8-3-9-15-27/h1-19,29-30,36H,20-23H2,(H,34,37)(H,35,39)/t29-,30+/m1/s1. The SMILES string of the molecule is O=C(N[C@H](Cc1ccccc1)C(=O)N[C@@H](Cc1ccc(O)cc1)C(=O)OCc1ccccc1)OCc1ccccc1. The van der Waals surface area contributed by atoms with Crippen LogP contribution >= 0.6 is 0 Å². The van der Waals surface area contributed by atoms with Crippen molar-refractivity contribution in [1.29, 1.82) is 0 Å². The predicted octanol–water partition coefficient (Wildman–Crippen LogP) is 4.70. The van der Waals surface area contributed by atoms with Crippen LogP contribution in [-0.4, -0.2) is 35.2 Å². The zero-order valence-electron chi connectivity index (χ0n) is 22.4. The van der Waals surface area contributed by atoms with Gasteiger partial charge in [-0.2, -0.15) is 0 Å². The molecule has 0 aliphatic carbocycles. The lowest BCUT2D eigenvalue weighted by Gasteiger charge is -2.23. The van der Waals surface area contributed by atoms with E-state index in [1.807, 2.05) is 91.0 Å². The summed E-state index contributed by atoms with van der Waals surface area (Å²) in [4.78, 5) is 39.4. The first kappa shape index (κ1) is 28.9. The maximum absolute atomic E-state index is 13.6. The maximum atomic E-state index is 13.6. The summed E-state index contributed by atoms with van der Waals surface area (Å²) in [6.07, 6.45) is -0.458. The molecule has 0 radical (unpaired) electrons. The smallest absolute Gasteiger partial charge is 0.408 e. The van der Waals surface area contributed by atoms with Crippen LogP contribution in [0.1, 0.15) is 22.3 Å². The number of esters is 1. The molecule has 0 fully saturated rings. The van der Waals surface area contributed by atoms with Crippen molar-refractivity contribution in [3.63, 3.8) is 0 Å². The molecule has 0 aliphatic heterocycles. The van der Waals surface area contributed by atoms with E-state index >= 15 is 0 Å². The fourth-order valence-corrected chi connectivity index (χ4v) is 4.13. The van der Waals surface area contributed by atoms with Crippen LogP contribution in [0.2, 0.25) is 0 Å². The number of hydrogen-bond acceptors (Lipinski definition) is 6. The fourth-order valence-electron chi connectivity index (χ4n) is 4.13. The highest BCUT2D eigenvalue weighted by atomic mass is 16.5. The Balaban J connectivity index is 1.48. The van der Waals surface area contributed by atoms with Gasteiger partial charge in [0.25, 0.3) is 0 Å². The van der Waals surface area contributed by atoms with E-state index in [0.29, 0.717) is 5.56 Å². The third kappa shape index (κ3) is 9.54. The van der Waals surface area contributed by atoms with Gasteiger partial charge in [-0.3, -0.25) is 4.79 Å². The van der Waals surface area contributed by atoms with E-state index in [1.165, 1.54) is 12.1 Å². The van der Waals surface area contributed by atoms with Gasteiger partial charge in [-0.15, -0.1) is 0 Å². The molecule has 41 heavy (non-hydrogen) atoms. The zero-order valence-corrected chi connectivity index (χ0v) is 22.4. The molecule has 210 valence electrons. The summed E-state index contributed by atoms with van der Waals surface area (Å²) in [6, 6.07) is 31.9. The number of aromatic hydroxyl groups is 1. The van der Waals surface area contributed by atoms with Crippen molar-refractivity contribution < 1.29 is 29.0 Å². The molecule has 0 bridgehead atoms. The number of alkyl carbamates (subject to hydrolysis) is 1. The van der Waals surface area contributed by atoms with E-state index in [9.17, 15) is 19.5 Å². The van der Waals surface area contributed by atoms with Crippen molar-refractivity contribution in [2.75, 3.05) is 0 Å². The lowest BCUT2D eigenvalue weighted by molar-refractivity contribution is -0.149. The van der Waals surface area contributed by atoms with Crippen LogP contribution < -0.4 is 10.6 Å². The molecule has 8 heteroatoms. The summed E-state index contributed by atoms with van der Waals surface area (Å²) in [7, 11) is 0. The molecule has 0 saturated heterocycles. The average Bonchev–Trinajstić information content (AvgIpc) is 3.00. The van der Waals surface area contributed by atoms with Gasteiger partial charge in [0.15, 0.2) is 0 Å². The van der Waals surface area contributed by atoms with E-state index in [0.717, 1.165) is 16.7 Å². The molecule has 0 saturated carbocycles. The van der Waals surface area contributed by atoms with Gasteiger partial charge in [-0.05, 0) is 34.4 Å². The Kier molecular flexibility index (Phi) is 10.5. The summed E-state index contributed by atoms with van der Waals surface area (Å²) in [5.74, 6) is -1.10. The van der Waals surface area contributed by atoms with Gasteiger partial charge in [-0.25, -0.2) is 9.59 Å². The molecular weight excluding hydrogens is 520 g/mol. The number of hydrogen-bond donors (Lipinski definition) is 3. The van der Waals surface area contributed by atoms with Crippen LogP contribution in [-0.2, 0) is 45.1 Å². The minimum absolute atomic E-state index is 0.0408. The average molecular weight is 553 g/mol. The Morgan fingerprint density at radius 2 is 1.02 bits per heavy atom. The minimum atomic E-state index is -1.05. The first-order valence-corrected chi connectivity index (χ1v) is 13.3. The molecule has 4 aromatic rings. The van der Waals surface area contributed by atoms with Crippen LogP contribution in [0, 0.1) is 0 Å². The highest BCUT2D eigenvalue weighted by Crippen LogP contribution is 2.13. The van der Waals surface area contributed by atoms with E-state index in [1.54, 1.807) is 12.1 Å². The van der Waals surface area contributed by atoms with E-state index in [2.05, 4.69) is 10.6 Å². The summed E-state index contributed by atoms with van der Waals surface area (Å²) < 4.78 is 10.9. The van der Waals surface area contributed by atoms with Crippen molar-refractivity contribution in [3.05, 3.63) is 138 Å². The summed E-state index contributed by atoms with van der Waals surface area (Å²) >= 11 is 0. The predicted molar refractivity (Wildman–Crippen MR) is 154 cm³/mol. The summed E-state index contributed by atoms with van der Waals surface area (Å²) in [5.41, 5.74) is 3.14. The summed E-state index contributed by atoms with van der Waals surface area (Å²) in [5, 5.41) is 15.1. The first-order valence-electron chi connectivity index (χ1n) is 13.3. The minimum Gasteiger partial charge on any atom is -0.508 e. The maximum Gasteiger partial charge on any atom is 0.408 e. The Bertz CT molecular complexity index is 1400. The van der Waals surface area contributed by atoms with Gasteiger partial charge in [0, 0.05) is 12.8 Å². The molecule has 2 atom stereocenters. The van der Waals surface area contributed by atoms with Crippen LogP contribution in [0.5, 0.6) is 5.75 Å². The molecule has 0 aliphatic rings. The number of carbonyl (C=O) groups excluding carboxylic acids is 3. The van der Waals surface area contributed by atoms with Gasteiger partial charge < -0.3 is 25.2 Å². The molecule has 0 spiro atoms. The van der Waals surface area contributed by atoms with Crippen LogP contribution in [0.25, 0.3) is 0 Å². The monoisotopic (exact) mass is 552 g/mol. The fraction of sp³-hybridized carbons (Fsp3) is 0.182. The number of nitrogens with one attached hydrogen (secondary N) is 2. The van der Waals surface area contributed by atoms with E-state index < -0.39 is 30.1 Å². The largest absolute Gasteiger partial charge is 0.508 e. The number of benzene rings is 4.